The maximum Gasteiger partial charge on any atom is 0.125 e. The SMILES string of the molecule is CCCCn1c2ccccc2c2cc(O)c(C=Nc3cc4ccccc4cc3N=Cc3cc4c(cc3O)c3ccccc3n4C)cc21. The number of rotatable bonds is 7. The van der Waals surface area contributed by atoms with Crippen LogP contribution in [0.3, 0.4) is 0 Å². The number of phenols is 2. The Morgan fingerprint density at radius 2 is 1.09 bits per heavy atom. The number of benzene rings is 6. The summed E-state index contributed by atoms with van der Waals surface area (Å²) in [5, 5.41) is 28.5. The number of phenolic OH excluding ortho intramolecular Hbond substituents is 2. The summed E-state index contributed by atoms with van der Waals surface area (Å²) in [6, 6.07) is 36.4. The zero-order valence-electron chi connectivity index (χ0n) is 26.4. The van der Waals surface area contributed by atoms with E-state index in [1.165, 1.54) is 5.52 Å². The van der Waals surface area contributed by atoms with Crippen LogP contribution in [0.2, 0.25) is 0 Å². The minimum absolute atomic E-state index is 0.167. The van der Waals surface area contributed by atoms with Gasteiger partial charge in [0, 0.05) is 75.2 Å². The molecule has 2 N–H and O–H groups in total. The predicted octanol–water partition coefficient (Wildman–Crippen LogP) is 10.3. The van der Waals surface area contributed by atoms with Crippen molar-refractivity contribution in [2.45, 2.75) is 26.3 Å². The highest BCUT2D eigenvalue weighted by Gasteiger charge is 2.14. The molecule has 2 heterocycles. The van der Waals surface area contributed by atoms with Crippen LogP contribution in [-0.2, 0) is 13.6 Å². The van der Waals surface area contributed by atoms with E-state index >= 15 is 0 Å². The Balaban J connectivity index is 1.22. The van der Waals surface area contributed by atoms with Gasteiger partial charge in [-0.3, -0.25) is 9.98 Å². The van der Waals surface area contributed by atoms with Gasteiger partial charge in [-0.25, -0.2) is 0 Å². The van der Waals surface area contributed by atoms with E-state index in [4.69, 9.17) is 9.98 Å². The van der Waals surface area contributed by atoms with Crippen LogP contribution in [-0.4, -0.2) is 31.8 Å². The van der Waals surface area contributed by atoms with Gasteiger partial charge in [-0.05, 0) is 65.7 Å². The van der Waals surface area contributed by atoms with E-state index in [0.717, 1.165) is 68.3 Å². The minimum Gasteiger partial charge on any atom is -0.507 e. The number of aromatic nitrogens is 2. The average molecular weight is 615 g/mol. The first-order valence-electron chi connectivity index (χ1n) is 16.0. The lowest BCUT2D eigenvalue weighted by atomic mass is 10.1. The number of unbranched alkanes of at least 4 members (excludes halogenated alkanes) is 1. The highest BCUT2D eigenvalue weighted by atomic mass is 16.3. The van der Waals surface area contributed by atoms with E-state index in [1.807, 2.05) is 73.8 Å². The zero-order chi connectivity index (χ0) is 32.1. The van der Waals surface area contributed by atoms with Crippen molar-refractivity contribution in [3.8, 4) is 11.5 Å². The van der Waals surface area contributed by atoms with Crippen LogP contribution in [0, 0.1) is 0 Å². The maximum atomic E-state index is 11.2. The number of aryl methyl sites for hydroxylation is 2. The molecular weight excluding hydrogens is 580 g/mol. The molecule has 47 heavy (non-hydrogen) atoms. The van der Waals surface area contributed by atoms with Crippen molar-refractivity contribution >= 4 is 78.2 Å². The van der Waals surface area contributed by atoms with E-state index in [2.05, 4.69) is 58.5 Å². The summed E-state index contributed by atoms with van der Waals surface area (Å²) in [7, 11) is 2.04. The second-order valence-corrected chi connectivity index (χ2v) is 12.2. The molecule has 0 spiro atoms. The molecule has 0 aliphatic carbocycles. The molecule has 0 amide bonds. The molecule has 8 rings (SSSR count). The number of hydrogen-bond donors (Lipinski definition) is 2. The van der Waals surface area contributed by atoms with E-state index in [9.17, 15) is 10.2 Å². The number of nitrogens with zero attached hydrogens (tertiary/aromatic N) is 4. The molecule has 0 saturated carbocycles. The number of aromatic hydroxyl groups is 2. The fourth-order valence-electron chi connectivity index (χ4n) is 6.77. The van der Waals surface area contributed by atoms with Gasteiger partial charge in [0.15, 0.2) is 0 Å². The molecular formula is C41H34N4O2. The molecule has 0 radical (unpaired) electrons. The molecule has 2 aromatic heterocycles. The molecule has 0 unspecified atom stereocenters. The van der Waals surface area contributed by atoms with E-state index in [1.54, 1.807) is 12.4 Å². The molecule has 0 atom stereocenters. The standard InChI is InChI=1S/C41H34N4O2/c1-3-4-17-45-37-16-10-8-14-31(37)33-23-41(47)29(21-39(33)45)25-43-35-19-27-12-6-5-11-26(27)18-34(35)42-24-28-20-38-32(22-40(28)46)30-13-7-9-15-36(30)44(38)2/h5-16,18-25,46-47H,3-4,17H2,1-2H3. The molecule has 0 saturated heterocycles. The number of fused-ring (bicyclic) bond motifs is 7. The Kier molecular flexibility index (Phi) is 6.98. The molecule has 0 fully saturated rings. The summed E-state index contributed by atoms with van der Waals surface area (Å²) < 4.78 is 4.48. The summed E-state index contributed by atoms with van der Waals surface area (Å²) in [6.07, 6.45) is 5.59. The Hall–Kier alpha value is -5.88. The second-order valence-electron chi connectivity index (χ2n) is 12.2. The van der Waals surface area contributed by atoms with Crippen LogP contribution in [0.25, 0.3) is 54.4 Å². The van der Waals surface area contributed by atoms with Crippen LogP contribution in [0.4, 0.5) is 11.4 Å². The smallest absolute Gasteiger partial charge is 0.125 e. The van der Waals surface area contributed by atoms with Crippen molar-refractivity contribution in [3.63, 3.8) is 0 Å². The van der Waals surface area contributed by atoms with Crippen LogP contribution in [0.15, 0.2) is 119 Å². The third-order valence-electron chi connectivity index (χ3n) is 9.25. The number of aliphatic imine (C=N–C) groups is 2. The zero-order valence-corrected chi connectivity index (χ0v) is 26.4. The summed E-state index contributed by atoms with van der Waals surface area (Å²) in [5.41, 5.74) is 6.95. The lowest BCUT2D eigenvalue weighted by Gasteiger charge is -2.08. The van der Waals surface area contributed by atoms with Crippen LogP contribution >= 0.6 is 0 Å². The molecule has 8 aromatic rings. The van der Waals surface area contributed by atoms with Crippen LogP contribution in [0.5, 0.6) is 11.5 Å². The number of para-hydroxylation sites is 2. The van der Waals surface area contributed by atoms with Crippen molar-refractivity contribution in [3.05, 3.63) is 120 Å². The maximum absolute atomic E-state index is 11.2. The van der Waals surface area contributed by atoms with Gasteiger partial charge in [0.05, 0.1) is 16.9 Å². The average Bonchev–Trinajstić information content (AvgIpc) is 3.55. The minimum atomic E-state index is 0.167. The number of hydrogen-bond acceptors (Lipinski definition) is 4. The largest absolute Gasteiger partial charge is 0.507 e. The molecule has 6 nitrogen and oxygen atoms in total. The van der Waals surface area contributed by atoms with E-state index < -0.39 is 0 Å². The van der Waals surface area contributed by atoms with Gasteiger partial charge in [0.2, 0.25) is 0 Å². The summed E-state index contributed by atoms with van der Waals surface area (Å²) in [4.78, 5) is 9.76. The fourth-order valence-corrected chi connectivity index (χ4v) is 6.77. The highest BCUT2D eigenvalue weighted by molar-refractivity contribution is 6.11. The van der Waals surface area contributed by atoms with Crippen molar-refractivity contribution in [1.82, 2.24) is 9.13 Å². The molecule has 230 valence electrons. The topological polar surface area (TPSA) is 75.0 Å². The second kappa shape index (κ2) is 11.5. The summed E-state index contributed by atoms with van der Waals surface area (Å²) in [6.45, 7) is 3.10. The lowest BCUT2D eigenvalue weighted by Crippen LogP contribution is -1.97. The van der Waals surface area contributed by atoms with Crippen LogP contribution < -0.4 is 0 Å². The van der Waals surface area contributed by atoms with E-state index in [-0.39, 0.29) is 11.5 Å². The predicted molar refractivity (Wildman–Crippen MR) is 197 cm³/mol. The fraction of sp³-hybridized carbons (Fsp3) is 0.122. The Bertz CT molecular complexity index is 2550. The molecule has 6 aromatic carbocycles. The third-order valence-corrected chi connectivity index (χ3v) is 9.25. The van der Waals surface area contributed by atoms with Gasteiger partial charge in [-0.1, -0.05) is 74.0 Å². The van der Waals surface area contributed by atoms with Gasteiger partial charge in [-0.2, -0.15) is 0 Å². The van der Waals surface area contributed by atoms with Gasteiger partial charge in [0.1, 0.15) is 11.5 Å². The molecule has 6 heteroatoms. The summed E-state index contributed by atoms with van der Waals surface area (Å²) in [5.74, 6) is 0.346. The summed E-state index contributed by atoms with van der Waals surface area (Å²) >= 11 is 0. The van der Waals surface area contributed by atoms with Crippen molar-refractivity contribution in [1.29, 1.82) is 0 Å². The normalized spacial score (nSPS) is 12.3. The lowest BCUT2D eigenvalue weighted by molar-refractivity contribution is 0.475. The van der Waals surface area contributed by atoms with Gasteiger partial charge in [0.25, 0.3) is 0 Å². The Morgan fingerprint density at radius 1 is 0.574 bits per heavy atom. The first kappa shape index (κ1) is 28.6. The highest BCUT2D eigenvalue weighted by Crippen LogP contribution is 2.37. The first-order valence-corrected chi connectivity index (χ1v) is 16.0. The van der Waals surface area contributed by atoms with Gasteiger partial charge < -0.3 is 19.3 Å². The van der Waals surface area contributed by atoms with Crippen LogP contribution in [0.1, 0.15) is 30.9 Å². The molecule has 0 aliphatic heterocycles. The van der Waals surface area contributed by atoms with Crippen molar-refractivity contribution < 1.29 is 10.2 Å². The monoisotopic (exact) mass is 614 g/mol. The van der Waals surface area contributed by atoms with E-state index in [0.29, 0.717) is 22.5 Å². The Labute approximate surface area is 272 Å². The van der Waals surface area contributed by atoms with Crippen molar-refractivity contribution in [2.75, 3.05) is 0 Å². The molecule has 0 aliphatic rings. The van der Waals surface area contributed by atoms with Gasteiger partial charge in [-0.15, -0.1) is 0 Å². The third kappa shape index (κ3) is 4.90. The quantitative estimate of drug-likeness (QED) is 0.175. The first-order chi connectivity index (χ1) is 23.0. The van der Waals surface area contributed by atoms with Crippen molar-refractivity contribution in [2.24, 2.45) is 17.0 Å². The molecule has 0 bridgehead atoms. The van der Waals surface area contributed by atoms with Gasteiger partial charge >= 0.3 is 0 Å². The Morgan fingerprint density at radius 3 is 1.70 bits per heavy atom.